The Hall–Kier alpha value is -2.30. The molecule has 0 amide bonds. The third-order valence-electron chi connectivity index (χ3n) is 3.55. The second-order valence-electron chi connectivity index (χ2n) is 4.90. The molecule has 1 saturated heterocycles. The maximum Gasteiger partial charge on any atom is 0.341 e. The molecule has 1 aliphatic rings. The first-order chi connectivity index (χ1) is 10.7. The molecule has 0 bridgehead atoms. The molecule has 8 nitrogen and oxygen atoms in total. The summed E-state index contributed by atoms with van der Waals surface area (Å²) in [5.74, 6) is -4.87. The number of carboxylic acid groups (broad SMARTS) is 1. The molecule has 0 aromatic heterocycles. The molecule has 1 fully saturated rings. The number of nitrogens with zero attached hydrogens (tertiary/aromatic N) is 2. The largest absolute Gasteiger partial charge is 0.480 e. The normalized spacial score (nSPS) is 18.4. The summed E-state index contributed by atoms with van der Waals surface area (Å²) in [5, 5.41) is 20.3. The molecule has 1 N–H and O–H groups in total. The van der Waals surface area contributed by atoms with Crippen molar-refractivity contribution in [1.29, 1.82) is 0 Å². The van der Waals surface area contributed by atoms with E-state index in [9.17, 15) is 32.1 Å². The van der Waals surface area contributed by atoms with E-state index >= 15 is 0 Å². The van der Waals surface area contributed by atoms with Crippen LogP contribution in [0.3, 0.4) is 0 Å². The average Bonchev–Trinajstić information content (AvgIpc) is 2.95. The Morgan fingerprint density at radius 2 is 2.09 bits per heavy atom. The highest BCUT2D eigenvalue weighted by atomic mass is 32.2. The van der Waals surface area contributed by atoms with Crippen molar-refractivity contribution in [2.45, 2.75) is 29.5 Å². The molecule has 2 rings (SSSR count). The van der Waals surface area contributed by atoms with Crippen molar-refractivity contribution in [2.24, 2.45) is 0 Å². The number of nitro benzene ring substituents is 1. The minimum Gasteiger partial charge on any atom is -0.480 e. The molecule has 1 atom stereocenters. The molecule has 0 spiro atoms. The first-order valence-electron chi connectivity index (χ1n) is 6.46. The second kappa shape index (κ2) is 6.07. The number of benzene rings is 1. The molecule has 1 aromatic carbocycles. The Morgan fingerprint density at radius 3 is 2.61 bits per heavy atom. The first-order valence-corrected chi connectivity index (χ1v) is 8.01. The van der Waals surface area contributed by atoms with Gasteiger partial charge in [0.2, 0.25) is 9.84 Å². The van der Waals surface area contributed by atoms with Crippen LogP contribution in [0.5, 0.6) is 0 Å². The van der Waals surface area contributed by atoms with Crippen LogP contribution in [0.15, 0.2) is 23.1 Å². The van der Waals surface area contributed by atoms with Gasteiger partial charge in [-0.1, -0.05) is 0 Å². The third-order valence-corrected chi connectivity index (χ3v) is 4.93. The molecular formula is C12H12F2N2O6S. The molecule has 126 valence electrons. The lowest BCUT2D eigenvalue weighted by atomic mass is 10.2. The monoisotopic (exact) mass is 350 g/mol. The fourth-order valence-corrected chi connectivity index (χ4v) is 3.22. The van der Waals surface area contributed by atoms with E-state index in [1.54, 1.807) is 0 Å². The number of carbonyl (C=O) groups is 1. The lowest BCUT2D eigenvalue weighted by molar-refractivity contribution is -0.384. The number of anilines is 1. The summed E-state index contributed by atoms with van der Waals surface area (Å²) >= 11 is 0. The quantitative estimate of drug-likeness (QED) is 0.633. The van der Waals surface area contributed by atoms with E-state index in [4.69, 9.17) is 5.11 Å². The van der Waals surface area contributed by atoms with Gasteiger partial charge in [-0.3, -0.25) is 10.1 Å². The summed E-state index contributed by atoms with van der Waals surface area (Å²) in [7, 11) is -4.98. The highest BCUT2D eigenvalue weighted by molar-refractivity contribution is 7.91. The van der Waals surface area contributed by atoms with E-state index in [0.29, 0.717) is 12.5 Å². The van der Waals surface area contributed by atoms with Crippen LogP contribution in [0.1, 0.15) is 12.8 Å². The number of hydrogen-bond donors (Lipinski definition) is 1. The summed E-state index contributed by atoms with van der Waals surface area (Å²) in [6, 6.07) is 1.37. The van der Waals surface area contributed by atoms with E-state index in [1.807, 2.05) is 0 Å². The van der Waals surface area contributed by atoms with Gasteiger partial charge >= 0.3 is 11.7 Å². The van der Waals surface area contributed by atoms with E-state index in [2.05, 4.69) is 0 Å². The van der Waals surface area contributed by atoms with Crippen LogP contribution in [0.25, 0.3) is 0 Å². The van der Waals surface area contributed by atoms with Gasteiger partial charge in [0.05, 0.1) is 9.82 Å². The van der Waals surface area contributed by atoms with E-state index < -0.39 is 43.1 Å². The average molecular weight is 350 g/mol. The smallest absolute Gasteiger partial charge is 0.341 e. The minimum absolute atomic E-state index is 0.104. The fraction of sp³-hybridized carbons (Fsp3) is 0.417. The van der Waals surface area contributed by atoms with Gasteiger partial charge in [-0.25, -0.2) is 13.2 Å². The maximum atomic E-state index is 12.6. The lowest BCUT2D eigenvalue weighted by Gasteiger charge is -2.23. The Balaban J connectivity index is 2.54. The van der Waals surface area contributed by atoms with Crippen LogP contribution in [0.4, 0.5) is 20.2 Å². The molecule has 0 saturated carbocycles. The van der Waals surface area contributed by atoms with E-state index in [0.717, 1.165) is 12.1 Å². The van der Waals surface area contributed by atoms with Gasteiger partial charge in [-0.15, -0.1) is 0 Å². The molecule has 11 heteroatoms. The Bertz CT molecular complexity index is 752. The summed E-state index contributed by atoms with van der Waals surface area (Å²) in [6.07, 6.45) is 0.773. The van der Waals surface area contributed by atoms with Crippen LogP contribution < -0.4 is 4.90 Å². The number of halogens is 2. The van der Waals surface area contributed by atoms with Gasteiger partial charge in [0.25, 0.3) is 5.69 Å². The van der Waals surface area contributed by atoms with Crippen molar-refractivity contribution in [3.8, 4) is 0 Å². The van der Waals surface area contributed by atoms with Crippen molar-refractivity contribution in [3.05, 3.63) is 28.3 Å². The number of sulfone groups is 1. The first kappa shape index (κ1) is 17.1. The molecule has 0 unspecified atom stereocenters. The van der Waals surface area contributed by atoms with Crippen LogP contribution in [-0.4, -0.2) is 42.8 Å². The minimum atomic E-state index is -4.98. The van der Waals surface area contributed by atoms with Gasteiger partial charge in [-0.2, -0.15) is 8.78 Å². The fourth-order valence-electron chi connectivity index (χ4n) is 2.48. The second-order valence-corrected chi connectivity index (χ2v) is 6.82. The Kier molecular flexibility index (Phi) is 4.50. The molecule has 1 heterocycles. The number of nitro groups is 1. The Morgan fingerprint density at radius 1 is 1.43 bits per heavy atom. The summed E-state index contributed by atoms with van der Waals surface area (Å²) in [5.41, 5.74) is -0.826. The van der Waals surface area contributed by atoms with Crippen molar-refractivity contribution < 1.29 is 32.0 Å². The van der Waals surface area contributed by atoms with Crippen molar-refractivity contribution in [2.75, 3.05) is 11.4 Å². The molecule has 0 radical (unpaired) electrons. The van der Waals surface area contributed by atoms with Crippen LogP contribution in [0, 0.1) is 10.1 Å². The SMILES string of the molecule is O=C(O)[C@H]1CCCN1c1ccc(S(=O)(=O)C(F)F)cc1[N+](=O)[O-]. The van der Waals surface area contributed by atoms with Crippen LogP contribution >= 0.6 is 0 Å². The number of alkyl halides is 2. The van der Waals surface area contributed by atoms with Gasteiger partial charge in [-0.05, 0) is 25.0 Å². The predicted molar refractivity (Wildman–Crippen MR) is 74.3 cm³/mol. The zero-order valence-electron chi connectivity index (χ0n) is 11.6. The van der Waals surface area contributed by atoms with Gasteiger partial charge in [0.15, 0.2) is 0 Å². The number of rotatable bonds is 5. The topological polar surface area (TPSA) is 118 Å². The maximum absolute atomic E-state index is 12.6. The highest BCUT2D eigenvalue weighted by Gasteiger charge is 2.36. The number of hydrogen-bond acceptors (Lipinski definition) is 6. The third kappa shape index (κ3) is 3.09. The molecule has 0 aliphatic carbocycles. The zero-order valence-corrected chi connectivity index (χ0v) is 12.4. The standard InChI is InChI=1S/C12H12F2N2O6S/c13-12(14)23(21,22)7-3-4-8(10(6-7)16(19)20)15-5-1-2-9(15)11(17)18/h3-4,6,9,12H,1-2,5H2,(H,17,18)/t9-/m1/s1. The van der Waals surface area contributed by atoms with Crippen LogP contribution in [-0.2, 0) is 14.6 Å². The summed E-state index contributed by atoms with van der Waals surface area (Å²) in [6.45, 7) is 0.235. The molecule has 23 heavy (non-hydrogen) atoms. The van der Waals surface area contributed by atoms with Crippen molar-refractivity contribution >= 4 is 27.2 Å². The Labute approximate surface area is 129 Å². The van der Waals surface area contributed by atoms with Crippen molar-refractivity contribution in [3.63, 3.8) is 0 Å². The van der Waals surface area contributed by atoms with Crippen LogP contribution in [0.2, 0.25) is 0 Å². The number of aliphatic carboxylic acids is 1. The van der Waals surface area contributed by atoms with E-state index in [1.165, 1.54) is 4.90 Å². The predicted octanol–water partition coefficient (Wildman–Crippen LogP) is 1.64. The number of carboxylic acids is 1. The van der Waals surface area contributed by atoms with Gasteiger partial charge in [0.1, 0.15) is 11.7 Å². The molecular weight excluding hydrogens is 338 g/mol. The van der Waals surface area contributed by atoms with Gasteiger partial charge < -0.3 is 10.0 Å². The van der Waals surface area contributed by atoms with Crippen molar-refractivity contribution in [1.82, 2.24) is 0 Å². The molecule has 1 aliphatic heterocycles. The zero-order chi connectivity index (χ0) is 17.4. The summed E-state index contributed by atoms with van der Waals surface area (Å²) < 4.78 is 48.0. The highest BCUT2D eigenvalue weighted by Crippen LogP contribution is 2.36. The summed E-state index contributed by atoms with van der Waals surface area (Å²) in [4.78, 5) is 21.8. The molecule has 1 aromatic rings. The lowest BCUT2D eigenvalue weighted by Crippen LogP contribution is -2.36. The van der Waals surface area contributed by atoms with E-state index in [-0.39, 0.29) is 18.7 Å². The van der Waals surface area contributed by atoms with Gasteiger partial charge in [0, 0.05) is 12.6 Å².